The summed E-state index contributed by atoms with van der Waals surface area (Å²) in [6, 6.07) is 13.7. The zero-order chi connectivity index (χ0) is 56.8. The molecule has 0 spiro atoms. The van der Waals surface area contributed by atoms with Crippen LogP contribution in [0.15, 0.2) is 72.8 Å². The van der Waals surface area contributed by atoms with E-state index in [9.17, 15) is 53.7 Å². The molecule has 22 nitrogen and oxygen atoms in total. The molecule has 78 heavy (non-hydrogen) atoms. The minimum atomic E-state index is -1.57. The number of carbonyl (C=O) groups excluding carboxylic acids is 8. The Morgan fingerprint density at radius 2 is 0.936 bits per heavy atom. The van der Waals surface area contributed by atoms with Crippen LogP contribution in [0.3, 0.4) is 0 Å². The third-order valence-corrected chi connectivity index (χ3v) is 11.3. The molecule has 0 saturated carbocycles. The Morgan fingerprint density at radius 3 is 1.38 bits per heavy atom. The molecule has 1 heterocycles. The lowest BCUT2D eigenvalue weighted by Gasteiger charge is -2.35. The van der Waals surface area contributed by atoms with Crippen LogP contribution in [0, 0.1) is 0 Å². The van der Waals surface area contributed by atoms with E-state index in [-0.39, 0.29) is 78.3 Å². The first-order valence-corrected chi connectivity index (χ1v) is 25.0. The third kappa shape index (κ3) is 14.7. The van der Waals surface area contributed by atoms with Gasteiger partial charge in [-0.2, -0.15) is 0 Å². The van der Waals surface area contributed by atoms with E-state index in [0.29, 0.717) is 32.1 Å². The molecular weight excluding hydrogens is 1020 g/mol. The highest BCUT2D eigenvalue weighted by Crippen LogP contribution is 2.48. The second-order valence-electron chi connectivity index (χ2n) is 17.7. The van der Waals surface area contributed by atoms with Gasteiger partial charge < -0.3 is 69.4 Å². The van der Waals surface area contributed by atoms with E-state index < -0.39 is 123 Å². The van der Waals surface area contributed by atoms with Gasteiger partial charge in [0.1, 0.15) is 46.0 Å². The molecule has 1 aliphatic rings. The molecule has 0 aromatic heterocycles. The number of anilines is 2. The summed E-state index contributed by atoms with van der Waals surface area (Å²) in [6.07, 6.45) is -1.98. The van der Waals surface area contributed by atoms with Gasteiger partial charge >= 0.3 is 47.8 Å². The fraction of sp³-hybridized carbons (Fsp3) is 0.321. The number of hydrogen-bond donors (Lipinski definition) is 5. The normalized spacial score (nSPS) is 13.4. The lowest BCUT2D eigenvalue weighted by molar-refractivity contribution is -0.138. The molecule has 7 N–H and O–H groups in total. The number of fused-ring (bicyclic) bond motifs is 1. The van der Waals surface area contributed by atoms with E-state index >= 15 is 0 Å². The summed E-state index contributed by atoms with van der Waals surface area (Å²) in [5.41, 5.74) is 10.3. The van der Waals surface area contributed by atoms with Crippen LogP contribution in [0.2, 0.25) is 0 Å². The van der Waals surface area contributed by atoms with Crippen molar-refractivity contribution in [2.45, 2.75) is 117 Å². The third-order valence-electron chi connectivity index (χ3n) is 11.3. The van der Waals surface area contributed by atoms with Gasteiger partial charge in [-0.25, -0.2) is 14.4 Å². The van der Waals surface area contributed by atoms with Crippen molar-refractivity contribution in [2.75, 3.05) is 11.5 Å². The number of phenols is 3. The number of hydrogen-bond acceptors (Lipinski definition) is 22. The first kappa shape index (κ1) is 57.9. The Kier molecular flexibility index (Phi) is 19.6. The monoisotopic (exact) mass is 1080 g/mol. The smallest absolute Gasteiger partial charge is 0.347 e. The number of ether oxygens (including phenoxy) is 9. The van der Waals surface area contributed by atoms with E-state index in [2.05, 4.69) is 0 Å². The molecule has 22 heteroatoms. The number of benzene rings is 5. The molecule has 0 fully saturated rings. The average Bonchev–Trinajstić information content (AvgIpc) is 3.38. The van der Waals surface area contributed by atoms with Gasteiger partial charge in [-0.05, 0) is 80.6 Å². The summed E-state index contributed by atoms with van der Waals surface area (Å²) in [5, 5.41) is 32.5. The molecule has 1 unspecified atom stereocenters. The molecule has 6 rings (SSSR count). The Bertz CT molecular complexity index is 3000. The summed E-state index contributed by atoms with van der Waals surface area (Å²) < 4.78 is 52.4. The zero-order valence-corrected chi connectivity index (χ0v) is 43.3. The highest BCUT2D eigenvalue weighted by molar-refractivity contribution is 5.98. The average molecular weight is 1080 g/mol. The van der Waals surface area contributed by atoms with E-state index in [0.717, 1.165) is 36.4 Å². The second kappa shape index (κ2) is 26.4. The molecule has 0 aliphatic carbocycles. The van der Waals surface area contributed by atoms with Gasteiger partial charge in [0.25, 0.3) is 0 Å². The number of phenolic OH excluding ortho intramolecular Hbond substituents is 3. The van der Waals surface area contributed by atoms with Crippen molar-refractivity contribution < 1.29 is 96.3 Å². The number of carbonyl (C=O) groups is 8. The molecule has 0 saturated heterocycles. The van der Waals surface area contributed by atoms with Crippen molar-refractivity contribution in [3.05, 3.63) is 101 Å². The summed E-state index contributed by atoms with van der Waals surface area (Å²) in [4.78, 5) is 107. The highest BCUT2D eigenvalue weighted by Gasteiger charge is 2.40. The SMILES string of the molecule is CCCC(=O)Oc1cc(OC(=O)CCC)c2c(c1)OC(c1cc(OC(=O)CCC)c(OC(=O)CCC)c(OC(=O)CCC)c1)[C@H](OC(=O)c1cc(OC(=O)c3ccc(N)cc3O)c(O)c(OC(=O)c3ccc(N)cc3O)c1)C2. The van der Waals surface area contributed by atoms with Gasteiger partial charge in [-0.1, -0.05) is 34.6 Å². The number of rotatable bonds is 22. The van der Waals surface area contributed by atoms with Crippen LogP contribution >= 0.6 is 0 Å². The van der Waals surface area contributed by atoms with E-state index in [1.165, 1.54) is 36.4 Å². The quantitative estimate of drug-likeness (QED) is 0.0245. The Balaban J connectivity index is 1.55. The van der Waals surface area contributed by atoms with Crippen LogP contribution in [-0.2, 0) is 35.1 Å². The minimum Gasteiger partial charge on any atom is -0.507 e. The van der Waals surface area contributed by atoms with Gasteiger partial charge in [-0.15, -0.1) is 0 Å². The summed E-state index contributed by atoms with van der Waals surface area (Å²) in [6.45, 7) is 8.66. The van der Waals surface area contributed by atoms with E-state index in [4.69, 9.17) is 54.1 Å². The van der Waals surface area contributed by atoms with Crippen LogP contribution in [0.4, 0.5) is 11.4 Å². The van der Waals surface area contributed by atoms with Gasteiger partial charge in [0.05, 0.1) is 5.56 Å². The maximum atomic E-state index is 14.8. The highest BCUT2D eigenvalue weighted by atomic mass is 16.6. The lowest BCUT2D eigenvalue weighted by Crippen LogP contribution is -2.35. The predicted molar refractivity (Wildman–Crippen MR) is 275 cm³/mol. The molecule has 412 valence electrons. The van der Waals surface area contributed by atoms with Crippen LogP contribution in [0.1, 0.15) is 147 Å². The minimum absolute atomic E-state index is 0.0184. The number of nitrogen functional groups attached to an aromatic ring is 2. The van der Waals surface area contributed by atoms with Crippen molar-refractivity contribution in [3.8, 4) is 63.2 Å². The predicted octanol–water partition coefficient (Wildman–Crippen LogP) is 8.84. The summed E-state index contributed by atoms with van der Waals surface area (Å²) in [7, 11) is 0. The number of aromatic hydroxyl groups is 3. The lowest BCUT2D eigenvalue weighted by atomic mass is 9.93. The van der Waals surface area contributed by atoms with Gasteiger partial charge in [0.15, 0.2) is 29.1 Å². The van der Waals surface area contributed by atoms with E-state index in [1.54, 1.807) is 34.6 Å². The van der Waals surface area contributed by atoms with Crippen molar-refractivity contribution >= 4 is 59.1 Å². The standard InChI is InChI=1S/C56H58N2O20/c1-6-11-46(61)70-33-26-39(71-47(62)12-7-2)36-28-45(52(74-40(36)27-33)29-20-43(72-48(63)13-8-3)53(78-50(65)15-10-5)44(21-29)73-49(64)14-9-4)77-54(67)30-22-41(75-55(68)34-18-16-31(57)24-37(34)59)51(66)42(23-30)76-56(69)35-19-17-32(58)25-38(35)60/h16-27,45,52,59-60,66H,6-15,28,57-58H2,1-5H3/t45-,52?/m1/s1. The van der Waals surface area contributed by atoms with Crippen molar-refractivity contribution in [3.63, 3.8) is 0 Å². The van der Waals surface area contributed by atoms with Crippen LogP contribution in [-0.4, -0.2) is 69.2 Å². The molecule has 5 aromatic carbocycles. The summed E-state index contributed by atoms with van der Waals surface area (Å²) >= 11 is 0. The number of nitrogens with two attached hydrogens (primary N) is 2. The van der Waals surface area contributed by atoms with Gasteiger partial charge in [-0.3, -0.25) is 24.0 Å². The fourth-order valence-corrected chi connectivity index (χ4v) is 7.68. The molecule has 1 aliphatic heterocycles. The largest absolute Gasteiger partial charge is 0.507 e. The maximum absolute atomic E-state index is 14.8. The summed E-state index contributed by atoms with van der Waals surface area (Å²) in [5.74, 6) is -12.9. The topological polar surface area (TPSA) is 332 Å². The first-order chi connectivity index (χ1) is 37.2. The number of esters is 8. The van der Waals surface area contributed by atoms with Crippen LogP contribution in [0.5, 0.6) is 63.2 Å². The molecule has 5 aromatic rings. The molecule has 2 atom stereocenters. The van der Waals surface area contributed by atoms with Gasteiger partial charge in [0, 0.05) is 85.3 Å². The molecular formula is C56H58N2O20. The Hall–Kier alpha value is -9.34. The molecule has 0 bridgehead atoms. The fourth-order valence-electron chi connectivity index (χ4n) is 7.68. The Labute approximate surface area is 447 Å². The second-order valence-corrected chi connectivity index (χ2v) is 17.7. The molecule has 0 radical (unpaired) electrons. The zero-order valence-electron chi connectivity index (χ0n) is 43.3. The van der Waals surface area contributed by atoms with Gasteiger partial charge in [0.2, 0.25) is 11.5 Å². The first-order valence-electron chi connectivity index (χ1n) is 25.0. The Morgan fingerprint density at radius 1 is 0.500 bits per heavy atom. The van der Waals surface area contributed by atoms with Crippen molar-refractivity contribution in [1.29, 1.82) is 0 Å². The van der Waals surface area contributed by atoms with Crippen molar-refractivity contribution in [2.24, 2.45) is 0 Å². The van der Waals surface area contributed by atoms with E-state index in [1.807, 2.05) is 0 Å². The van der Waals surface area contributed by atoms with Crippen LogP contribution in [0.25, 0.3) is 0 Å². The maximum Gasteiger partial charge on any atom is 0.347 e. The van der Waals surface area contributed by atoms with Crippen molar-refractivity contribution in [1.82, 2.24) is 0 Å². The van der Waals surface area contributed by atoms with Crippen LogP contribution < -0.4 is 49.4 Å². The molecule has 0 amide bonds.